The van der Waals surface area contributed by atoms with Crippen LogP contribution >= 0.6 is 0 Å². The van der Waals surface area contributed by atoms with Crippen molar-refractivity contribution < 1.29 is 13.6 Å². The fourth-order valence-corrected chi connectivity index (χ4v) is 4.04. The van der Waals surface area contributed by atoms with Crippen molar-refractivity contribution in [3.63, 3.8) is 0 Å². The van der Waals surface area contributed by atoms with E-state index in [0.717, 1.165) is 45.6 Å². The Morgan fingerprint density at radius 3 is 2.33 bits per heavy atom. The number of amides is 1. The Labute approximate surface area is 251 Å². The van der Waals surface area contributed by atoms with Crippen molar-refractivity contribution in [3.05, 3.63) is 102 Å². The Morgan fingerprint density at radius 1 is 1.00 bits per heavy atom. The van der Waals surface area contributed by atoms with Gasteiger partial charge in [0.05, 0.1) is 23.5 Å². The van der Waals surface area contributed by atoms with E-state index < -0.39 is 23.6 Å². The van der Waals surface area contributed by atoms with Crippen LogP contribution in [0, 0.1) is 11.6 Å². The van der Waals surface area contributed by atoms with Crippen LogP contribution < -0.4 is 16.0 Å². The average molecular weight is 588 g/mol. The molecule has 2 atom stereocenters. The zero-order chi connectivity index (χ0) is 31.7. The van der Waals surface area contributed by atoms with Crippen LogP contribution in [0.2, 0.25) is 0 Å². The zero-order valence-electron chi connectivity index (χ0n) is 25.5. The predicted octanol–water partition coefficient (Wildman–Crippen LogP) is 6.86. The molecule has 4 aromatic rings. The number of anilines is 1. The average Bonchev–Trinajstić information content (AvgIpc) is 3.43. The molecule has 0 aliphatic rings. The topological polar surface area (TPSA) is 107 Å². The van der Waals surface area contributed by atoms with Crippen molar-refractivity contribution >= 4 is 28.6 Å². The minimum Gasteiger partial charge on any atom is -0.371 e. The molecule has 0 saturated heterocycles. The summed E-state index contributed by atoms with van der Waals surface area (Å²) in [6.07, 6.45) is 1.79. The van der Waals surface area contributed by atoms with Crippen LogP contribution in [0.1, 0.15) is 51.8 Å². The van der Waals surface area contributed by atoms with Crippen molar-refractivity contribution in [3.8, 4) is 11.1 Å². The van der Waals surface area contributed by atoms with Gasteiger partial charge in [-0.1, -0.05) is 62.9 Å². The molecule has 226 valence electrons. The lowest BCUT2D eigenvalue weighted by molar-refractivity contribution is -0.117. The fraction of sp³-hybridized carbons (Fsp3) is 0.273. The summed E-state index contributed by atoms with van der Waals surface area (Å²) in [6, 6.07) is 12.7. The highest BCUT2D eigenvalue weighted by Crippen LogP contribution is 2.26. The molecule has 0 radical (unpaired) electrons. The highest BCUT2D eigenvalue weighted by molar-refractivity contribution is 6.20. The molecule has 0 fully saturated rings. The van der Waals surface area contributed by atoms with E-state index in [1.165, 1.54) is 6.07 Å². The number of carbonyl (C=O) groups is 1. The number of nitrogens with one attached hydrogen (secondary N) is 4. The number of fused-ring (bicyclic) bond motifs is 1. The Bertz CT molecular complexity index is 1630. The molecule has 0 spiro atoms. The summed E-state index contributed by atoms with van der Waals surface area (Å²) in [4.78, 5) is 22.2. The summed E-state index contributed by atoms with van der Waals surface area (Å²) < 4.78 is 27.0. The summed E-state index contributed by atoms with van der Waals surface area (Å²) in [5, 5.41) is 17.1. The third-order valence-electron chi connectivity index (χ3n) is 6.80. The predicted molar refractivity (Wildman–Crippen MR) is 171 cm³/mol. The number of aromatic nitrogens is 3. The second-order valence-electron chi connectivity index (χ2n) is 9.86. The van der Waals surface area contributed by atoms with Gasteiger partial charge in [-0.2, -0.15) is 5.10 Å². The van der Waals surface area contributed by atoms with Gasteiger partial charge in [-0.25, -0.2) is 13.8 Å². The number of aliphatic imine (C=N–C) groups is 1. The molecular weight excluding hydrogens is 548 g/mol. The van der Waals surface area contributed by atoms with Gasteiger partial charge >= 0.3 is 0 Å². The summed E-state index contributed by atoms with van der Waals surface area (Å²) in [5.74, 6) is -1.37. The van der Waals surface area contributed by atoms with Crippen molar-refractivity contribution in [1.82, 2.24) is 25.8 Å². The van der Waals surface area contributed by atoms with E-state index in [0.29, 0.717) is 23.6 Å². The number of hydrogen-bond donors (Lipinski definition) is 4. The molecule has 0 aliphatic heterocycles. The molecule has 1 unspecified atom stereocenters. The molecule has 2 aromatic heterocycles. The van der Waals surface area contributed by atoms with Crippen LogP contribution in [0.4, 0.5) is 14.6 Å². The van der Waals surface area contributed by atoms with E-state index >= 15 is 0 Å². The number of nitrogens with zero attached hydrogens (tertiary/aromatic N) is 3. The van der Waals surface area contributed by atoms with E-state index in [-0.39, 0.29) is 11.6 Å². The summed E-state index contributed by atoms with van der Waals surface area (Å²) >= 11 is 0. The van der Waals surface area contributed by atoms with Crippen molar-refractivity contribution in [1.29, 1.82) is 0 Å². The molecule has 4 N–H and O–H groups in total. The highest BCUT2D eigenvalue weighted by Gasteiger charge is 2.19. The Morgan fingerprint density at radius 2 is 1.70 bits per heavy atom. The first kappa shape index (κ1) is 32.7. The maximum atomic E-state index is 13.7. The molecule has 10 heteroatoms. The number of benzene rings is 2. The van der Waals surface area contributed by atoms with Crippen LogP contribution in [0.5, 0.6) is 0 Å². The van der Waals surface area contributed by atoms with Crippen molar-refractivity contribution in [2.24, 2.45) is 4.99 Å². The van der Waals surface area contributed by atoms with Gasteiger partial charge in [-0.3, -0.25) is 14.9 Å². The summed E-state index contributed by atoms with van der Waals surface area (Å²) in [7, 11) is 1.81. The van der Waals surface area contributed by atoms with Crippen molar-refractivity contribution in [2.45, 2.75) is 53.2 Å². The monoisotopic (exact) mass is 587 g/mol. The van der Waals surface area contributed by atoms with Gasteiger partial charge in [-0.05, 0) is 55.7 Å². The maximum Gasteiger partial charge on any atom is 0.254 e. The van der Waals surface area contributed by atoms with E-state index in [9.17, 15) is 13.6 Å². The molecule has 2 heterocycles. The first-order valence-corrected chi connectivity index (χ1v) is 14.1. The summed E-state index contributed by atoms with van der Waals surface area (Å²) in [5.41, 5.74) is 4.96. The normalized spacial score (nSPS) is 12.5. The number of aromatic amines is 1. The van der Waals surface area contributed by atoms with Crippen LogP contribution in [0.25, 0.3) is 22.2 Å². The van der Waals surface area contributed by atoms with E-state index in [2.05, 4.69) is 49.3 Å². The maximum absolute atomic E-state index is 13.7. The van der Waals surface area contributed by atoms with Gasteiger partial charge in [0.25, 0.3) is 5.91 Å². The second-order valence-corrected chi connectivity index (χ2v) is 9.86. The Hall–Kier alpha value is -4.86. The van der Waals surface area contributed by atoms with Gasteiger partial charge in [0.15, 0.2) is 23.1 Å². The van der Waals surface area contributed by atoms with Crippen molar-refractivity contribution in [2.75, 3.05) is 12.4 Å². The number of carbonyl (C=O) groups excluding carboxylic acids is 1. The van der Waals surface area contributed by atoms with Crippen LogP contribution in [-0.4, -0.2) is 40.0 Å². The molecule has 8 nitrogen and oxygen atoms in total. The number of pyridine rings is 1. The number of halogens is 2. The Balaban J connectivity index is 0.00000248. The van der Waals surface area contributed by atoms with Gasteiger partial charge in [0, 0.05) is 24.8 Å². The number of rotatable bonds is 10. The highest BCUT2D eigenvalue weighted by atomic mass is 19.2. The fourth-order valence-electron chi connectivity index (χ4n) is 4.04. The minimum absolute atomic E-state index is 0.115. The van der Waals surface area contributed by atoms with Gasteiger partial charge < -0.3 is 16.0 Å². The lowest BCUT2D eigenvalue weighted by atomic mass is 10.0. The Kier molecular flexibility index (Phi) is 11.3. The molecule has 0 saturated carbocycles. The van der Waals surface area contributed by atoms with Gasteiger partial charge in [-0.15, -0.1) is 0 Å². The minimum atomic E-state index is -0.978. The molecule has 2 aromatic carbocycles. The third kappa shape index (κ3) is 8.12. The number of amidine groups is 1. The molecule has 0 bridgehead atoms. The molecule has 0 aliphatic carbocycles. The van der Waals surface area contributed by atoms with Crippen LogP contribution in [0.3, 0.4) is 0 Å². The SMILES string of the molecule is C=C(C(=O)N[C@@H](C)c1ccc(F)c(F)c1)C(=NCc1ccc(-c2cnc3[nH]nc(NC)c3c2)cc1)NC(C)C(=C)C.CC. The van der Waals surface area contributed by atoms with E-state index in [4.69, 9.17) is 0 Å². The molecule has 4 rings (SSSR count). The first-order valence-electron chi connectivity index (χ1n) is 14.1. The van der Waals surface area contributed by atoms with E-state index in [1.54, 1.807) is 13.1 Å². The number of H-pyrrole nitrogens is 1. The second kappa shape index (κ2) is 14.9. The van der Waals surface area contributed by atoms with E-state index in [1.807, 2.05) is 65.1 Å². The van der Waals surface area contributed by atoms with Crippen LogP contribution in [0.15, 0.2) is 84.0 Å². The standard InChI is InChI=1S/C31H33F2N7O.C2H6/c1-17(2)19(4)37-28(18(3)31(41)38-20(5)23-11-12-26(32)27(33)14-23)35-15-21-7-9-22(10-8-21)24-13-25-29(34-6)39-40-30(25)36-16-24;1-2/h7-14,16,19-20H,1,3,15H2,2,4-6H3,(H,35,37)(H,38,41)(H2,34,36,39,40);1-2H3/t19?,20-;/m0./s1. The quantitative estimate of drug-likeness (QED) is 0.0702. The summed E-state index contributed by atoms with van der Waals surface area (Å²) in [6.45, 7) is 17.7. The van der Waals surface area contributed by atoms with Crippen LogP contribution in [-0.2, 0) is 11.3 Å². The largest absolute Gasteiger partial charge is 0.371 e. The zero-order valence-corrected chi connectivity index (χ0v) is 25.5. The molecule has 1 amide bonds. The lowest BCUT2D eigenvalue weighted by Gasteiger charge is -2.20. The molecule has 43 heavy (non-hydrogen) atoms. The molecular formula is C33H39F2N7O. The van der Waals surface area contributed by atoms with Gasteiger partial charge in [0.2, 0.25) is 0 Å². The lowest BCUT2D eigenvalue weighted by Crippen LogP contribution is -2.39. The third-order valence-corrected chi connectivity index (χ3v) is 6.80. The first-order chi connectivity index (χ1) is 20.6. The van der Waals surface area contributed by atoms with Gasteiger partial charge in [0.1, 0.15) is 5.84 Å². The smallest absolute Gasteiger partial charge is 0.254 e. The number of hydrogen-bond acceptors (Lipinski definition) is 5.